The standard InChI is InChI=1S/C10H7BrClF3O2/c1-17-9-6(12)3-2-5(10(13,14)15)8(9)7(16)4-11/h2-3H,4H2,1H3. The van der Waals surface area contributed by atoms with Gasteiger partial charge in [-0.3, -0.25) is 4.79 Å². The molecular formula is C10H7BrClF3O2. The van der Waals surface area contributed by atoms with Crippen molar-refractivity contribution < 1.29 is 22.7 Å². The van der Waals surface area contributed by atoms with Crippen LogP contribution in [0.2, 0.25) is 5.02 Å². The van der Waals surface area contributed by atoms with Gasteiger partial charge in [0, 0.05) is 0 Å². The van der Waals surface area contributed by atoms with Crippen LogP contribution in [0.4, 0.5) is 13.2 Å². The smallest absolute Gasteiger partial charge is 0.417 e. The SMILES string of the molecule is COc1c(Cl)ccc(C(F)(F)F)c1C(=O)CBr. The zero-order valence-corrected chi connectivity index (χ0v) is 10.9. The highest BCUT2D eigenvalue weighted by atomic mass is 79.9. The molecule has 1 rings (SSSR count). The molecule has 0 aromatic heterocycles. The fourth-order valence-corrected chi connectivity index (χ4v) is 1.85. The van der Waals surface area contributed by atoms with E-state index in [2.05, 4.69) is 15.9 Å². The molecule has 0 atom stereocenters. The fourth-order valence-electron chi connectivity index (χ4n) is 1.34. The Balaban J connectivity index is 3.57. The quantitative estimate of drug-likeness (QED) is 0.619. The van der Waals surface area contributed by atoms with Crippen LogP contribution in [0, 0.1) is 0 Å². The number of hydrogen-bond donors (Lipinski definition) is 0. The van der Waals surface area contributed by atoms with E-state index in [0.29, 0.717) is 0 Å². The Morgan fingerprint density at radius 3 is 2.47 bits per heavy atom. The summed E-state index contributed by atoms with van der Waals surface area (Å²) in [7, 11) is 1.16. The zero-order valence-electron chi connectivity index (χ0n) is 8.57. The van der Waals surface area contributed by atoms with E-state index in [1.807, 2.05) is 0 Å². The van der Waals surface area contributed by atoms with Gasteiger partial charge in [-0.1, -0.05) is 27.5 Å². The Kier molecular flexibility index (Phi) is 4.43. The van der Waals surface area contributed by atoms with Crippen molar-refractivity contribution in [1.29, 1.82) is 0 Å². The normalized spacial score (nSPS) is 11.4. The predicted molar refractivity (Wildman–Crippen MR) is 61.1 cm³/mol. The number of methoxy groups -OCH3 is 1. The van der Waals surface area contributed by atoms with Gasteiger partial charge in [-0.25, -0.2) is 0 Å². The van der Waals surface area contributed by atoms with Crippen LogP contribution in [0.25, 0.3) is 0 Å². The lowest BCUT2D eigenvalue weighted by Crippen LogP contribution is -2.15. The minimum Gasteiger partial charge on any atom is -0.494 e. The molecule has 1 aromatic rings. The van der Waals surface area contributed by atoms with Crippen molar-refractivity contribution in [1.82, 2.24) is 0 Å². The molecule has 0 aliphatic rings. The number of carbonyl (C=O) groups is 1. The number of ketones is 1. The second-order valence-electron chi connectivity index (χ2n) is 3.06. The number of rotatable bonds is 3. The van der Waals surface area contributed by atoms with Crippen LogP contribution in [0.5, 0.6) is 5.75 Å². The summed E-state index contributed by atoms with van der Waals surface area (Å²) in [5.74, 6) is -0.998. The molecule has 17 heavy (non-hydrogen) atoms. The van der Waals surface area contributed by atoms with Gasteiger partial charge < -0.3 is 4.74 Å². The second kappa shape index (κ2) is 5.27. The van der Waals surface area contributed by atoms with Crippen LogP contribution in [0.15, 0.2) is 12.1 Å². The third-order valence-electron chi connectivity index (χ3n) is 2.02. The van der Waals surface area contributed by atoms with Gasteiger partial charge in [-0.15, -0.1) is 0 Å². The fraction of sp³-hybridized carbons (Fsp3) is 0.300. The molecule has 1 aromatic carbocycles. The maximum atomic E-state index is 12.7. The minimum absolute atomic E-state index is 0.0372. The molecule has 2 nitrogen and oxygen atoms in total. The summed E-state index contributed by atoms with van der Waals surface area (Å²) in [6, 6.07) is 1.81. The van der Waals surface area contributed by atoms with E-state index in [1.165, 1.54) is 0 Å². The molecule has 94 valence electrons. The lowest BCUT2D eigenvalue weighted by Gasteiger charge is -2.15. The molecule has 0 spiro atoms. The van der Waals surface area contributed by atoms with Gasteiger partial charge in [0.15, 0.2) is 5.78 Å². The summed E-state index contributed by atoms with van der Waals surface area (Å²) < 4.78 is 42.9. The zero-order chi connectivity index (χ0) is 13.2. The highest BCUT2D eigenvalue weighted by molar-refractivity contribution is 9.09. The first kappa shape index (κ1) is 14.3. The predicted octanol–water partition coefficient (Wildman–Crippen LogP) is 3.95. The van der Waals surface area contributed by atoms with Gasteiger partial charge in [-0.05, 0) is 12.1 Å². The Labute approximate surface area is 109 Å². The molecule has 0 amide bonds. The van der Waals surface area contributed by atoms with Gasteiger partial charge in [0.25, 0.3) is 0 Å². The van der Waals surface area contributed by atoms with E-state index >= 15 is 0 Å². The van der Waals surface area contributed by atoms with Crippen LogP contribution >= 0.6 is 27.5 Å². The molecule has 0 bridgehead atoms. The average Bonchev–Trinajstić information content (AvgIpc) is 2.25. The summed E-state index contributed by atoms with van der Waals surface area (Å²) in [6.07, 6.45) is -4.63. The maximum Gasteiger partial charge on any atom is 0.417 e. The van der Waals surface area contributed by atoms with Crippen molar-refractivity contribution in [3.8, 4) is 5.75 Å². The molecule has 0 saturated carbocycles. The third-order valence-corrected chi connectivity index (χ3v) is 2.83. The number of benzene rings is 1. The van der Waals surface area contributed by atoms with Crippen molar-refractivity contribution in [2.75, 3.05) is 12.4 Å². The maximum absolute atomic E-state index is 12.7. The van der Waals surface area contributed by atoms with Gasteiger partial charge in [0.1, 0.15) is 5.75 Å². The molecule has 0 fully saturated rings. The lowest BCUT2D eigenvalue weighted by atomic mass is 10.0. The number of ether oxygens (including phenoxy) is 1. The number of halogens is 5. The molecular weight excluding hydrogens is 324 g/mol. The number of Topliss-reactive ketones (excluding diaryl/α,β-unsaturated/α-hetero) is 1. The van der Waals surface area contributed by atoms with Crippen molar-refractivity contribution in [3.05, 3.63) is 28.3 Å². The molecule has 0 radical (unpaired) electrons. The van der Waals surface area contributed by atoms with E-state index in [0.717, 1.165) is 19.2 Å². The summed E-state index contributed by atoms with van der Waals surface area (Å²) in [6.45, 7) is 0. The van der Waals surface area contributed by atoms with E-state index in [9.17, 15) is 18.0 Å². The van der Waals surface area contributed by atoms with Crippen LogP contribution in [0.3, 0.4) is 0 Å². The van der Waals surface area contributed by atoms with Gasteiger partial charge in [0.2, 0.25) is 0 Å². The lowest BCUT2D eigenvalue weighted by molar-refractivity contribution is -0.138. The first-order valence-corrected chi connectivity index (χ1v) is 5.85. The highest BCUT2D eigenvalue weighted by Gasteiger charge is 2.37. The second-order valence-corrected chi connectivity index (χ2v) is 4.03. The number of hydrogen-bond acceptors (Lipinski definition) is 2. The van der Waals surface area contributed by atoms with Crippen LogP contribution < -0.4 is 4.74 Å². The average molecular weight is 332 g/mol. The summed E-state index contributed by atoms with van der Waals surface area (Å²) in [5.41, 5.74) is -1.60. The summed E-state index contributed by atoms with van der Waals surface area (Å²) in [5, 5.41) is -0.280. The molecule has 7 heteroatoms. The largest absolute Gasteiger partial charge is 0.494 e. The van der Waals surface area contributed by atoms with Crippen LogP contribution in [0.1, 0.15) is 15.9 Å². The first-order valence-electron chi connectivity index (χ1n) is 4.35. The molecule has 0 saturated heterocycles. The topological polar surface area (TPSA) is 26.3 Å². The van der Waals surface area contributed by atoms with Gasteiger partial charge in [-0.2, -0.15) is 13.2 Å². The third kappa shape index (κ3) is 2.93. The first-order chi connectivity index (χ1) is 7.82. The van der Waals surface area contributed by atoms with E-state index in [-0.39, 0.29) is 16.1 Å². The summed E-state index contributed by atoms with van der Waals surface area (Å²) in [4.78, 5) is 11.5. The Hall–Kier alpha value is -0.750. The Bertz CT molecular complexity index is 446. The molecule has 0 unspecified atom stereocenters. The molecule has 0 aliphatic carbocycles. The minimum atomic E-state index is -4.63. The molecule has 0 heterocycles. The van der Waals surface area contributed by atoms with Gasteiger partial charge in [0.05, 0.1) is 28.6 Å². The van der Waals surface area contributed by atoms with Crippen molar-refractivity contribution in [2.45, 2.75) is 6.18 Å². The van der Waals surface area contributed by atoms with Crippen molar-refractivity contribution in [2.24, 2.45) is 0 Å². The number of carbonyl (C=O) groups excluding carboxylic acids is 1. The number of alkyl halides is 4. The van der Waals surface area contributed by atoms with E-state index in [4.69, 9.17) is 16.3 Å². The molecule has 0 aliphatic heterocycles. The van der Waals surface area contributed by atoms with Crippen molar-refractivity contribution in [3.63, 3.8) is 0 Å². The van der Waals surface area contributed by atoms with Crippen LogP contribution in [-0.4, -0.2) is 18.2 Å². The van der Waals surface area contributed by atoms with Gasteiger partial charge >= 0.3 is 6.18 Å². The highest BCUT2D eigenvalue weighted by Crippen LogP contribution is 2.39. The van der Waals surface area contributed by atoms with E-state index in [1.54, 1.807) is 0 Å². The van der Waals surface area contributed by atoms with E-state index < -0.39 is 23.1 Å². The molecule has 0 N–H and O–H groups in total. The Morgan fingerprint density at radius 1 is 1.47 bits per heavy atom. The Morgan fingerprint density at radius 2 is 2.06 bits per heavy atom. The monoisotopic (exact) mass is 330 g/mol. The summed E-state index contributed by atoms with van der Waals surface area (Å²) >= 11 is 8.52. The van der Waals surface area contributed by atoms with Crippen molar-refractivity contribution >= 4 is 33.3 Å². The van der Waals surface area contributed by atoms with Crippen LogP contribution in [-0.2, 0) is 6.18 Å².